The molecule has 1 aromatic rings. The van der Waals surface area contributed by atoms with E-state index in [-0.39, 0.29) is 5.91 Å². The highest BCUT2D eigenvalue weighted by molar-refractivity contribution is 5.94. The number of hydrogen-bond donors (Lipinski definition) is 2. The van der Waals surface area contributed by atoms with Crippen molar-refractivity contribution < 1.29 is 9.53 Å². The van der Waals surface area contributed by atoms with E-state index < -0.39 is 5.41 Å². The molecule has 1 aromatic carbocycles. The minimum Gasteiger partial charge on any atom is -0.494 e. The smallest absolute Gasteiger partial charge is 0.230 e. The average molecular weight is 250 g/mol. The van der Waals surface area contributed by atoms with Gasteiger partial charge in [-0.2, -0.15) is 0 Å². The lowest BCUT2D eigenvalue weighted by atomic mass is 9.88. The average Bonchev–Trinajstić information content (AvgIpc) is 2.32. The Hall–Kier alpha value is -1.55. The highest BCUT2D eigenvalue weighted by atomic mass is 16.5. The van der Waals surface area contributed by atoms with Crippen molar-refractivity contribution in [3.05, 3.63) is 24.3 Å². The molecule has 0 atom stereocenters. The number of nitrogens with two attached hydrogens (primary N) is 1. The quantitative estimate of drug-likeness (QED) is 0.814. The van der Waals surface area contributed by atoms with Gasteiger partial charge in [0.25, 0.3) is 0 Å². The number of anilines is 1. The number of rotatable bonds is 6. The van der Waals surface area contributed by atoms with Crippen LogP contribution in [0.3, 0.4) is 0 Å². The third kappa shape index (κ3) is 4.04. The first-order valence-corrected chi connectivity index (χ1v) is 6.24. The predicted molar refractivity (Wildman–Crippen MR) is 73.7 cm³/mol. The normalized spacial score (nSPS) is 11.1. The molecule has 0 heterocycles. The van der Waals surface area contributed by atoms with Crippen LogP contribution in [-0.4, -0.2) is 19.1 Å². The van der Waals surface area contributed by atoms with Gasteiger partial charge in [-0.1, -0.05) is 13.8 Å². The highest BCUT2D eigenvalue weighted by Gasteiger charge is 2.26. The van der Waals surface area contributed by atoms with Crippen molar-refractivity contribution in [1.82, 2.24) is 0 Å². The molecule has 0 aliphatic rings. The second kappa shape index (κ2) is 6.40. The topological polar surface area (TPSA) is 64.3 Å². The Morgan fingerprint density at radius 3 is 2.44 bits per heavy atom. The van der Waals surface area contributed by atoms with Crippen LogP contribution in [0.25, 0.3) is 0 Å². The lowest BCUT2D eigenvalue weighted by Gasteiger charge is -2.22. The molecule has 0 spiro atoms. The molecule has 1 rings (SSSR count). The van der Waals surface area contributed by atoms with Crippen LogP contribution in [0.2, 0.25) is 0 Å². The minimum atomic E-state index is -0.451. The maximum absolute atomic E-state index is 12.0. The van der Waals surface area contributed by atoms with E-state index >= 15 is 0 Å². The minimum absolute atomic E-state index is 0.0166. The van der Waals surface area contributed by atoms with Crippen LogP contribution in [-0.2, 0) is 4.79 Å². The summed E-state index contributed by atoms with van der Waals surface area (Å²) in [5.74, 6) is 0.786. The molecule has 0 saturated carbocycles. The van der Waals surface area contributed by atoms with Crippen molar-refractivity contribution >= 4 is 11.6 Å². The summed E-state index contributed by atoms with van der Waals surface area (Å²) in [6.07, 6.45) is 0.663. The van der Waals surface area contributed by atoms with Gasteiger partial charge in [0.15, 0.2) is 0 Å². The molecular weight excluding hydrogens is 228 g/mol. The Morgan fingerprint density at radius 1 is 1.33 bits per heavy atom. The standard InChI is InChI=1S/C14H22N2O2/c1-4-18-12-7-5-11(6-8-12)16-13(17)14(2,3)9-10-15/h5-8H,4,9-10,15H2,1-3H3,(H,16,17). The van der Waals surface area contributed by atoms with Crippen molar-refractivity contribution in [3.63, 3.8) is 0 Å². The van der Waals surface area contributed by atoms with Gasteiger partial charge in [-0.05, 0) is 44.2 Å². The molecule has 0 aliphatic heterocycles. The number of carbonyl (C=O) groups excluding carboxylic acids is 1. The number of hydrogen-bond acceptors (Lipinski definition) is 3. The summed E-state index contributed by atoms with van der Waals surface area (Å²) in [7, 11) is 0. The summed E-state index contributed by atoms with van der Waals surface area (Å²) in [5, 5.41) is 2.89. The van der Waals surface area contributed by atoms with E-state index in [9.17, 15) is 4.79 Å². The molecule has 1 amide bonds. The number of carbonyl (C=O) groups is 1. The van der Waals surface area contributed by atoms with Gasteiger partial charge in [-0.3, -0.25) is 4.79 Å². The number of benzene rings is 1. The Bertz CT molecular complexity index is 385. The molecule has 0 radical (unpaired) electrons. The van der Waals surface area contributed by atoms with Crippen LogP contribution < -0.4 is 15.8 Å². The Kier molecular flexibility index (Phi) is 5.16. The zero-order chi connectivity index (χ0) is 13.6. The third-order valence-corrected chi connectivity index (χ3v) is 2.81. The predicted octanol–water partition coefficient (Wildman–Crippen LogP) is 2.40. The second-order valence-corrected chi connectivity index (χ2v) is 4.83. The van der Waals surface area contributed by atoms with Gasteiger partial charge in [0.1, 0.15) is 5.75 Å². The second-order valence-electron chi connectivity index (χ2n) is 4.83. The molecule has 4 heteroatoms. The summed E-state index contributed by atoms with van der Waals surface area (Å²) >= 11 is 0. The first-order valence-electron chi connectivity index (χ1n) is 6.24. The zero-order valence-corrected chi connectivity index (χ0v) is 11.3. The Balaban J connectivity index is 2.64. The molecule has 0 bridgehead atoms. The number of ether oxygens (including phenoxy) is 1. The van der Waals surface area contributed by atoms with Crippen LogP contribution in [0.5, 0.6) is 5.75 Å². The lowest BCUT2D eigenvalue weighted by molar-refractivity contribution is -0.124. The maximum atomic E-state index is 12.0. The molecule has 3 N–H and O–H groups in total. The van der Waals surface area contributed by atoms with Gasteiger partial charge < -0.3 is 15.8 Å². The van der Waals surface area contributed by atoms with Crippen molar-refractivity contribution in [3.8, 4) is 5.75 Å². The monoisotopic (exact) mass is 250 g/mol. The fraction of sp³-hybridized carbons (Fsp3) is 0.500. The van der Waals surface area contributed by atoms with Crippen LogP contribution in [0.4, 0.5) is 5.69 Å². The molecule has 4 nitrogen and oxygen atoms in total. The molecule has 0 unspecified atom stereocenters. The lowest BCUT2D eigenvalue weighted by Crippen LogP contribution is -2.32. The molecule has 0 aromatic heterocycles. The number of amides is 1. The first-order chi connectivity index (χ1) is 8.49. The highest BCUT2D eigenvalue weighted by Crippen LogP contribution is 2.23. The van der Waals surface area contributed by atoms with Gasteiger partial charge in [-0.15, -0.1) is 0 Å². The molecule has 0 saturated heterocycles. The molecular formula is C14H22N2O2. The zero-order valence-electron chi connectivity index (χ0n) is 11.3. The largest absolute Gasteiger partial charge is 0.494 e. The fourth-order valence-electron chi connectivity index (χ4n) is 1.58. The summed E-state index contributed by atoms with van der Waals surface area (Å²) < 4.78 is 5.34. The summed E-state index contributed by atoms with van der Waals surface area (Å²) in [6, 6.07) is 7.35. The van der Waals surface area contributed by atoms with Gasteiger partial charge in [0.05, 0.1) is 6.61 Å². The van der Waals surface area contributed by atoms with E-state index in [1.165, 1.54) is 0 Å². The van der Waals surface area contributed by atoms with Crippen molar-refractivity contribution in [1.29, 1.82) is 0 Å². The van der Waals surface area contributed by atoms with Crippen LogP contribution in [0.15, 0.2) is 24.3 Å². The molecule has 100 valence electrons. The van der Waals surface area contributed by atoms with Crippen molar-refractivity contribution in [2.45, 2.75) is 27.2 Å². The fourth-order valence-corrected chi connectivity index (χ4v) is 1.58. The van der Waals surface area contributed by atoms with Crippen LogP contribution >= 0.6 is 0 Å². The SMILES string of the molecule is CCOc1ccc(NC(=O)C(C)(C)CCN)cc1. The summed E-state index contributed by atoms with van der Waals surface area (Å²) in [4.78, 5) is 12.0. The molecule has 0 aliphatic carbocycles. The summed E-state index contributed by atoms with van der Waals surface area (Å²) in [5.41, 5.74) is 5.82. The van der Waals surface area contributed by atoms with Gasteiger partial charge in [-0.25, -0.2) is 0 Å². The van der Waals surface area contributed by atoms with Crippen molar-refractivity contribution in [2.75, 3.05) is 18.5 Å². The van der Waals surface area contributed by atoms with E-state index in [0.717, 1.165) is 11.4 Å². The maximum Gasteiger partial charge on any atom is 0.230 e. The Morgan fingerprint density at radius 2 is 1.94 bits per heavy atom. The van der Waals surface area contributed by atoms with E-state index in [1.807, 2.05) is 45.0 Å². The van der Waals surface area contributed by atoms with Gasteiger partial charge in [0.2, 0.25) is 5.91 Å². The van der Waals surface area contributed by atoms with E-state index in [4.69, 9.17) is 10.5 Å². The third-order valence-electron chi connectivity index (χ3n) is 2.81. The first kappa shape index (κ1) is 14.5. The van der Waals surface area contributed by atoms with Crippen LogP contribution in [0, 0.1) is 5.41 Å². The summed E-state index contributed by atoms with van der Waals surface area (Å²) in [6.45, 7) is 6.86. The number of nitrogens with one attached hydrogen (secondary N) is 1. The van der Waals surface area contributed by atoms with Crippen molar-refractivity contribution in [2.24, 2.45) is 11.1 Å². The molecule has 18 heavy (non-hydrogen) atoms. The Labute approximate surface area is 109 Å². The van der Waals surface area contributed by atoms with E-state index in [2.05, 4.69) is 5.32 Å². The van der Waals surface area contributed by atoms with Crippen LogP contribution in [0.1, 0.15) is 27.2 Å². The van der Waals surface area contributed by atoms with E-state index in [1.54, 1.807) is 0 Å². The van der Waals surface area contributed by atoms with Gasteiger partial charge >= 0.3 is 0 Å². The van der Waals surface area contributed by atoms with Gasteiger partial charge in [0, 0.05) is 11.1 Å². The molecule has 0 fully saturated rings. The van der Waals surface area contributed by atoms with E-state index in [0.29, 0.717) is 19.6 Å².